The highest BCUT2D eigenvalue weighted by Crippen LogP contribution is 2.31. The van der Waals surface area contributed by atoms with E-state index in [0.29, 0.717) is 12.2 Å². The Kier molecular flexibility index (Phi) is 15.3. The lowest BCUT2D eigenvalue weighted by atomic mass is 9.93. The van der Waals surface area contributed by atoms with Gasteiger partial charge >= 0.3 is 0 Å². The van der Waals surface area contributed by atoms with Crippen LogP contribution in [-0.2, 0) is 6.54 Å². The van der Waals surface area contributed by atoms with Crippen molar-refractivity contribution >= 4 is 34.6 Å². The number of fused-ring (bicyclic) bond motifs is 3. The van der Waals surface area contributed by atoms with Gasteiger partial charge in [-0.15, -0.1) is 0 Å². The van der Waals surface area contributed by atoms with E-state index in [2.05, 4.69) is 103 Å². The number of anilines is 2. The Balaban J connectivity index is 0.000000274. The molecule has 0 spiro atoms. The Morgan fingerprint density at radius 1 is 0.846 bits per heavy atom. The molecule has 0 radical (unpaired) electrons. The van der Waals surface area contributed by atoms with Crippen LogP contribution in [0.1, 0.15) is 56.3 Å². The van der Waals surface area contributed by atoms with Crippen LogP contribution in [-0.4, -0.2) is 6.21 Å². The number of benzene rings is 5. The lowest BCUT2D eigenvalue weighted by Gasteiger charge is -2.21. The van der Waals surface area contributed by atoms with Gasteiger partial charge in [0, 0.05) is 29.6 Å². The van der Waals surface area contributed by atoms with Gasteiger partial charge in [0.2, 0.25) is 0 Å². The monoisotopic (exact) mass is 685 g/mol. The largest absolute Gasteiger partial charge is 0.395 e. The summed E-state index contributed by atoms with van der Waals surface area (Å²) in [5, 5.41) is 14.8. The number of allylic oxidation sites excluding steroid dienone is 8. The summed E-state index contributed by atoms with van der Waals surface area (Å²) in [6.45, 7) is 10.9. The highest BCUT2D eigenvalue weighted by atomic mass is 14.9. The molecule has 1 atom stereocenters. The van der Waals surface area contributed by atoms with E-state index in [1.165, 1.54) is 28.3 Å². The van der Waals surface area contributed by atoms with E-state index in [9.17, 15) is 0 Å². The normalized spacial score (nSPS) is 13.3. The highest BCUT2D eigenvalue weighted by molar-refractivity contribution is 6.00. The second-order valence-corrected chi connectivity index (χ2v) is 12.0. The van der Waals surface area contributed by atoms with Gasteiger partial charge in [0.15, 0.2) is 0 Å². The first kappa shape index (κ1) is 38.8. The zero-order valence-electron chi connectivity index (χ0n) is 30.6. The molecule has 5 heteroatoms. The number of nitrogens with one attached hydrogen (secondary N) is 2. The minimum atomic E-state index is -0.0567. The van der Waals surface area contributed by atoms with Crippen LogP contribution in [0.15, 0.2) is 180 Å². The molecule has 5 aromatic rings. The molecule has 7 rings (SSSR count). The standard InChI is InChI=1S/C31H29N3.C7H9N.C7H7N.C2H6/c1-3-22(23-18-16-21(2)17-19-23)12-9-15-28(24-10-5-4-6-11-24)34-31-26-14-8-7-13-25(26)27-20-33-30(27)29(31)32;2*8-6-7-4-2-1-3-5-7;1-2/h3-16,18,20,28,34H,1,17,19,32H2,2H3;1-5H,6,8H2;1-6,8H;1-2H3/b15-9-,22-12+;;;. The Morgan fingerprint density at radius 2 is 1.46 bits per heavy atom. The van der Waals surface area contributed by atoms with E-state index in [1.807, 2.05) is 92.9 Å². The molecule has 0 aromatic heterocycles. The quantitative estimate of drug-likeness (QED) is 0.0538. The van der Waals surface area contributed by atoms with Crippen LogP contribution in [0.5, 0.6) is 0 Å². The van der Waals surface area contributed by atoms with Gasteiger partial charge in [-0.25, -0.2) is 0 Å². The highest BCUT2D eigenvalue weighted by Gasteiger charge is 2.17. The fraction of sp³-hybridized carbons (Fsp3) is 0.149. The molecule has 5 nitrogen and oxygen atoms in total. The van der Waals surface area contributed by atoms with Crippen molar-refractivity contribution in [1.29, 1.82) is 5.41 Å². The van der Waals surface area contributed by atoms with E-state index in [4.69, 9.17) is 16.9 Å². The summed E-state index contributed by atoms with van der Waals surface area (Å²) in [5.41, 5.74) is 20.8. The van der Waals surface area contributed by atoms with Crippen LogP contribution < -0.4 is 27.4 Å². The molecule has 0 saturated heterocycles. The summed E-state index contributed by atoms with van der Waals surface area (Å²) in [6.07, 6.45) is 18.2. The van der Waals surface area contributed by atoms with Gasteiger partial charge in [0.1, 0.15) is 0 Å². The molecule has 0 amide bonds. The molecule has 0 saturated carbocycles. The molecule has 0 bridgehead atoms. The van der Waals surface area contributed by atoms with Gasteiger partial charge in [-0.1, -0.05) is 178 Å². The molecule has 6 N–H and O–H groups in total. The molecular formula is C47H51N5. The van der Waals surface area contributed by atoms with E-state index >= 15 is 0 Å². The number of nitrogen functional groups attached to an aromatic ring is 1. The summed E-state index contributed by atoms with van der Waals surface area (Å²) >= 11 is 0. The van der Waals surface area contributed by atoms with Crippen molar-refractivity contribution in [2.24, 2.45) is 10.7 Å². The first-order valence-electron chi connectivity index (χ1n) is 17.9. The van der Waals surface area contributed by atoms with Crippen molar-refractivity contribution in [2.45, 2.75) is 46.2 Å². The van der Waals surface area contributed by atoms with E-state index in [-0.39, 0.29) is 6.04 Å². The number of rotatable bonds is 9. The van der Waals surface area contributed by atoms with Crippen molar-refractivity contribution in [3.8, 4) is 0 Å². The third kappa shape index (κ3) is 10.5. The van der Waals surface area contributed by atoms with Gasteiger partial charge in [-0.3, -0.25) is 4.99 Å². The molecule has 52 heavy (non-hydrogen) atoms. The van der Waals surface area contributed by atoms with E-state index in [1.54, 1.807) is 0 Å². The van der Waals surface area contributed by atoms with Gasteiger partial charge in [0.25, 0.3) is 0 Å². The second-order valence-electron chi connectivity index (χ2n) is 12.0. The maximum atomic E-state index is 6.82. The van der Waals surface area contributed by atoms with Crippen LogP contribution in [0, 0.1) is 5.41 Å². The van der Waals surface area contributed by atoms with Crippen LogP contribution >= 0.6 is 0 Å². The third-order valence-electron chi connectivity index (χ3n) is 8.62. The van der Waals surface area contributed by atoms with Gasteiger partial charge in [-0.05, 0) is 53.0 Å². The van der Waals surface area contributed by atoms with Gasteiger partial charge in [0.05, 0.1) is 22.8 Å². The Bertz CT molecular complexity index is 2160. The minimum absolute atomic E-state index is 0.0567. The molecule has 2 aliphatic rings. The number of nitrogens with two attached hydrogens (primary N) is 2. The molecule has 5 aromatic carbocycles. The Hall–Kier alpha value is -6.04. The molecule has 1 aliphatic heterocycles. The summed E-state index contributed by atoms with van der Waals surface area (Å²) in [4.78, 5) is 4.44. The average Bonchev–Trinajstić information content (AvgIpc) is 3.20. The molecule has 264 valence electrons. The summed E-state index contributed by atoms with van der Waals surface area (Å²) in [6, 6.07) is 38.3. The Labute approximate surface area is 309 Å². The first-order chi connectivity index (χ1) is 25.5. The van der Waals surface area contributed by atoms with Crippen LogP contribution in [0.3, 0.4) is 0 Å². The lowest BCUT2D eigenvalue weighted by Crippen LogP contribution is -2.35. The second kappa shape index (κ2) is 20.6. The zero-order chi connectivity index (χ0) is 37.1. The van der Waals surface area contributed by atoms with Crippen molar-refractivity contribution in [3.63, 3.8) is 0 Å². The predicted molar refractivity (Wildman–Crippen MR) is 225 cm³/mol. The van der Waals surface area contributed by atoms with Gasteiger partial charge in [-0.2, -0.15) is 0 Å². The minimum Gasteiger partial charge on any atom is -0.395 e. The molecule has 1 unspecified atom stereocenters. The fourth-order valence-corrected chi connectivity index (χ4v) is 5.74. The summed E-state index contributed by atoms with van der Waals surface area (Å²) in [5.74, 6) is 0. The van der Waals surface area contributed by atoms with Crippen LogP contribution in [0.4, 0.5) is 11.4 Å². The predicted octanol–water partition coefficient (Wildman–Crippen LogP) is 10.1. The van der Waals surface area contributed by atoms with Crippen LogP contribution in [0.25, 0.3) is 17.0 Å². The third-order valence-corrected chi connectivity index (χ3v) is 8.62. The van der Waals surface area contributed by atoms with Crippen molar-refractivity contribution < 1.29 is 0 Å². The lowest BCUT2D eigenvalue weighted by molar-refractivity contribution is 0.918. The summed E-state index contributed by atoms with van der Waals surface area (Å²) in [7, 11) is 0. The Morgan fingerprint density at radius 3 is 1.98 bits per heavy atom. The molecule has 1 heterocycles. The number of hydrogen-bond acceptors (Lipinski definition) is 5. The zero-order valence-corrected chi connectivity index (χ0v) is 30.6. The fourth-order valence-electron chi connectivity index (χ4n) is 5.74. The number of nitrogens with zero attached hydrogens (tertiary/aromatic N) is 1. The van der Waals surface area contributed by atoms with Gasteiger partial charge < -0.3 is 22.2 Å². The molecule has 0 fully saturated rings. The SMILES string of the molecule is C=C/C(=C\C=C/C(Nc1c(N)c2c(c3ccccc13)=CN=2)c1ccccc1)C1=CC=C(C)CC1.CC.N=Cc1ccccc1.NCc1ccccc1. The van der Waals surface area contributed by atoms with Crippen molar-refractivity contribution in [2.75, 3.05) is 11.1 Å². The maximum Gasteiger partial charge on any atom is 0.0974 e. The van der Waals surface area contributed by atoms with E-state index in [0.717, 1.165) is 51.2 Å². The molecular weight excluding hydrogens is 635 g/mol. The smallest absolute Gasteiger partial charge is 0.0974 e. The molecule has 1 aliphatic carbocycles. The van der Waals surface area contributed by atoms with Crippen LogP contribution in [0.2, 0.25) is 0 Å². The topological polar surface area (TPSA) is 100 Å². The van der Waals surface area contributed by atoms with Crippen molar-refractivity contribution in [1.82, 2.24) is 0 Å². The maximum absolute atomic E-state index is 6.82. The first-order valence-corrected chi connectivity index (χ1v) is 17.9. The average molecular weight is 686 g/mol. The van der Waals surface area contributed by atoms with E-state index < -0.39 is 0 Å². The summed E-state index contributed by atoms with van der Waals surface area (Å²) < 4.78 is 0. The van der Waals surface area contributed by atoms with Crippen molar-refractivity contribution in [3.05, 3.63) is 202 Å². The number of hydrogen-bond donors (Lipinski definition) is 4.